The monoisotopic (exact) mass is 574 g/mol. The second-order valence-electron chi connectivity index (χ2n) is 9.30. The van der Waals surface area contributed by atoms with Gasteiger partial charge in [0, 0.05) is 29.5 Å². The van der Waals surface area contributed by atoms with Crippen LogP contribution in [0.15, 0.2) is 121 Å². The highest BCUT2D eigenvalue weighted by Gasteiger charge is 2.23. The Balaban J connectivity index is 0.000000251. The molecule has 0 unspecified atom stereocenters. The normalized spacial score (nSPS) is 12.9. The van der Waals surface area contributed by atoms with Crippen LogP contribution >= 0.6 is 11.6 Å². The zero-order chi connectivity index (χ0) is 30.0. The maximum absolute atomic E-state index is 11.6. The SMILES string of the molecule is COC(=O)Cl.COC(=O)N[C@@H](c1ccccc1)[C@@H](C)c1ccccc1.C[C@@H](c1ccccc1)[C@@H](N)c1ccccc1. The number of rotatable bonds is 7. The van der Waals surface area contributed by atoms with Crippen LogP contribution in [0, 0.1) is 0 Å². The number of hydrogen-bond acceptors (Lipinski definition) is 5. The average molecular weight is 575 g/mol. The van der Waals surface area contributed by atoms with E-state index in [1.807, 2.05) is 72.8 Å². The molecule has 0 fully saturated rings. The highest BCUT2D eigenvalue weighted by molar-refractivity contribution is 6.61. The van der Waals surface area contributed by atoms with Gasteiger partial charge in [0.2, 0.25) is 0 Å². The summed E-state index contributed by atoms with van der Waals surface area (Å²) in [6.45, 7) is 4.27. The Morgan fingerprint density at radius 1 is 0.610 bits per heavy atom. The first kappa shape index (κ1) is 33.1. The number of amides is 1. The number of halogens is 1. The van der Waals surface area contributed by atoms with E-state index in [-0.39, 0.29) is 18.0 Å². The van der Waals surface area contributed by atoms with Gasteiger partial charge in [0.25, 0.3) is 0 Å². The Morgan fingerprint density at radius 3 is 1.32 bits per heavy atom. The number of hydrogen-bond donors (Lipinski definition) is 2. The molecule has 216 valence electrons. The van der Waals surface area contributed by atoms with Crippen LogP contribution in [0.4, 0.5) is 9.59 Å². The van der Waals surface area contributed by atoms with Gasteiger partial charge in [0.05, 0.1) is 20.3 Å². The molecular weight excluding hydrogens is 536 g/mol. The van der Waals surface area contributed by atoms with Crippen LogP contribution in [-0.2, 0) is 9.47 Å². The number of ether oxygens (including phenoxy) is 2. The maximum atomic E-state index is 11.6. The van der Waals surface area contributed by atoms with Gasteiger partial charge in [-0.25, -0.2) is 9.59 Å². The summed E-state index contributed by atoms with van der Waals surface area (Å²) >= 11 is 4.60. The van der Waals surface area contributed by atoms with Crippen LogP contribution in [-0.4, -0.2) is 25.7 Å². The van der Waals surface area contributed by atoms with E-state index in [1.54, 1.807) is 0 Å². The Kier molecular flexibility index (Phi) is 14.7. The van der Waals surface area contributed by atoms with Gasteiger partial charge in [-0.2, -0.15) is 0 Å². The number of methoxy groups -OCH3 is 2. The summed E-state index contributed by atoms with van der Waals surface area (Å²) in [6.07, 6.45) is -0.415. The lowest BCUT2D eigenvalue weighted by molar-refractivity contribution is 0.165. The molecule has 0 bridgehead atoms. The largest absolute Gasteiger partial charge is 0.457 e. The van der Waals surface area contributed by atoms with Crippen molar-refractivity contribution in [2.24, 2.45) is 5.73 Å². The predicted molar refractivity (Wildman–Crippen MR) is 166 cm³/mol. The van der Waals surface area contributed by atoms with Gasteiger partial charge in [-0.15, -0.1) is 0 Å². The molecule has 4 aromatic rings. The van der Waals surface area contributed by atoms with Crippen LogP contribution in [0.2, 0.25) is 0 Å². The van der Waals surface area contributed by atoms with Gasteiger partial charge in [-0.05, 0) is 22.3 Å². The van der Waals surface area contributed by atoms with Crippen LogP contribution in [0.1, 0.15) is 60.0 Å². The van der Waals surface area contributed by atoms with Crippen molar-refractivity contribution < 1.29 is 19.1 Å². The molecule has 1 amide bonds. The number of nitrogens with two attached hydrogens (primary N) is 1. The molecule has 4 rings (SSSR count). The zero-order valence-corrected chi connectivity index (χ0v) is 24.7. The summed E-state index contributed by atoms with van der Waals surface area (Å²) in [4.78, 5) is 21.0. The first-order valence-electron chi connectivity index (χ1n) is 13.3. The Bertz CT molecular complexity index is 1230. The predicted octanol–water partition coefficient (Wildman–Crippen LogP) is 8.37. The second-order valence-corrected chi connectivity index (χ2v) is 9.61. The molecule has 0 radical (unpaired) electrons. The van der Waals surface area contributed by atoms with Gasteiger partial charge in [-0.1, -0.05) is 135 Å². The average Bonchev–Trinajstić information content (AvgIpc) is 3.04. The van der Waals surface area contributed by atoms with Crippen LogP contribution < -0.4 is 11.1 Å². The number of carbonyl (C=O) groups excluding carboxylic acids is 2. The van der Waals surface area contributed by atoms with E-state index in [1.165, 1.54) is 30.9 Å². The smallest absolute Gasteiger partial charge is 0.407 e. The molecule has 7 heteroatoms. The topological polar surface area (TPSA) is 90.6 Å². The molecule has 0 spiro atoms. The first-order chi connectivity index (χ1) is 19.8. The highest BCUT2D eigenvalue weighted by Crippen LogP contribution is 2.30. The minimum atomic E-state index is -0.773. The molecular formula is C34H39ClN2O4. The fourth-order valence-corrected chi connectivity index (χ4v) is 4.22. The number of carbonyl (C=O) groups is 2. The van der Waals surface area contributed by atoms with Crippen LogP contribution in [0.5, 0.6) is 0 Å². The van der Waals surface area contributed by atoms with Crippen molar-refractivity contribution in [3.05, 3.63) is 144 Å². The number of benzene rings is 4. The van der Waals surface area contributed by atoms with Crippen molar-refractivity contribution >= 4 is 23.1 Å². The standard InChI is InChI=1S/C17H19NO2.C15H17N.C2H3ClO2/c1-13(14-9-5-3-6-10-14)16(18-17(19)20-2)15-11-7-4-8-12-15;1-12(13-8-4-2-5-9-13)15(16)14-10-6-3-7-11-14;1-5-2(3)4/h3-13,16H,1-2H3,(H,18,19);2-12,15H,16H2,1H3;1H3/t13-,16+;12-,15+;/m00./s1. The van der Waals surface area contributed by atoms with E-state index in [9.17, 15) is 9.59 Å². The lowest BCUT2D eigenvalue weighted by Gasteiger charge is -2.25. The minimum absolute atomic E-state index is 0.0589. The summed E-state index contributed by atoms with van der Waals surface area (Å²) in [7, 11) is 2.60. The third-order valence-corrected chi connectivity index (χ3v) is 6.81. The number of alkyl carbamates (subject to hydrolysis) is 1. The zero-order valence-electron chi connectivity index (χ0n) is 23.9. The number of nitrogens with one attached hydrogen (secondary N) is 1. The molecule has 0 aliphatic carbocycles. The minimum Gasteiger partial charge on any atom is -0.457 e. The van der Waals surface area contributed by atoms with Gasteiger partial charge in [0.15, 0.2) is 0 Å². The molecule has 4 atom stereocenters. The molecule has 0 saturated heterocycles. The van der Waals surface area contributed by atoms with Crippen molar-refractivity contribution in [3.63, 3.8) is 0 Å². The summed E-state index contributed by atoms with van der Waals surface area (Å²) < 4.78 is 8.61. The van der Waals surface area contributed by atoms with Crippen LogP contribution in [0.25, 0.3) is 0 Å². The van der Waals surface area contributed by atoms with E-state index in [0.29, 0.717) is 5.92 Å². The van der Waals surface area contributed by atoms with Crippen molar-refractivity contribution in [1.82, 2.24) is 5.32 Å². The van der Waals surface area contributed by atoms with E-state index in [2.05, 4.69) is 84.0 Å². The van der Waals surface area contributed by atoms with Gasteiger partial charge >= 0.3 is 11.5 Å². The van der Waals surface area contributed by atoms with E-state index >= 15 is 0 Å². The molecule has 41 heavy (non-hydrogen) atoms. The summed E-state index contributed by atoms with van der Waals surface area (Å²) in [6, 6.07) is 40.7. The van der Waals surface area contributed by atoms with Crippen molar-refractivity contribution in [3.8, 4) is 0 Å². The highest BCUT2D eigenvalue weighted by atomic mass is 35.5. The first-order valence-corrected chi connectivity index (χ1v) is 13.7. The van der Waals surface area contributed by atoms with Crippen molar-refractivity contribution in [1.29, 1.82) is 0 Å². The van der Waals surface area contributed by atoms with Crippen LogP contribution in [0.3, 0.4) is 0 Å². The Morgan fingerprint density at radius 2 is 0.951 bits per heavy atom. The Labute approximate surface area is 248 Å². The molecule has 3 N–H and O–H groups in total. The summed E-state index contributed by atoms with van der Waals surface area (Å²) in [5.74, 6) is 0.487. The molecule has 4 aromatic carbocycles. The molecule has 0 saturated carbocycles. The van der Waals surface area contributed by atoms with E-state index in [0.717, 1.165) is 5.56 Å². The third kappa shape index (κ3) is 11.5. The van der Waals surface area contributed by atoms with Gasteiger partial charge in [0.1, 0.15) is 0 Å². The molecule has 0 heterocycles. The maximum Gasteiger partial charge on any atom is 0.407 e. The lowest BCUT2D eigenvalue weighted by Crippen LogP contribution is -2.31. The lowest BCUT2D eigenvalue weighted by atomic mass is 9.88. The second kappa shape index (κ2) is 18.3. The molecule has 0 aliphatic heterocycles. The van der Waals surface area contributed by atoms with E-state index < -0.39 is 11.5 Å². The van der Waals surface area contributed by atoms with Gasteiger partial charge < -0.3 is 20.5 Å². The molecule has 0 aliphatic rings. The van der Waals surface area contributed by atoms with E-state index in [4.69, 9.17) is 10.5 Å². The fraction of sp³-hybridized carbons (Fsp3) is 0.235. The third-order valence-electron chi connectivity index (χ3n) is 6.65. The van der Waals surface area contributed by atoms with Crippen molar-refractivity contribution in [2.45, 2.75) is 37.8 Å². The molecule has 6 nitrogen and oxygen atoms in total. The Hall–Kier alpha value is -4.13. The van der Waals surface area contributed by atoms with Gasteiger partial charge in [-0.3, -0.25) is 0 Å². The summed E-state index contributed by atoms with van der Waals surface area (Å²) in [5, 5.41) is 2.92. The quantitative estimate of drug-likeness (QED) is 0.216. The van der Waals surface area contributed by atoms with Crippen molar-refractivity contribution in [2.75, 3.05) is 14.2 Å². The molecule has 0 aromatic heterocycles. The fourth-order valence-electron chi connectivity index (χ4n) is 4.22. The summed E-state index contributed by atoms with van der Waals surface area (Å²) in [5.41, 5.74) is 10.2.